The number of rotatable bonds is 6. The fourth-order valence-corrected chi connectivity index (χ4v) is 3.58. The molecular formula is C12H23N3O2S. The van der Waals surface area contributed by atoms with Crippen molar-refractivity contribution in [2.45, 2.75) is 33.1 Å². The predicted octanol–water partition coefficient (Wildman–Crippen LogP) is 1.41. The molecule has 1 heterocycles. The Kier molecular flexibility index (Phi) is 5.78. The minimum Gasteiger partial charge on any atom is -0.409 e. The summed E-state index contributed by atoms with van der Waals surface area (Å²) in [6, 6.07) is 0. The molecule has 0 aromatic rings. The molecule has 1 saturated heterocycles. The molecule has 1 fully saturated rings. The monoisotopic (exact) mass is 273 g/mol. The lowest BCUT2D eigenvalue weighted by atomic mass is 9.80. The van der Waals surface area contributed by atoms with Gasteiger partial charge in [0.05, 0.1) is 0 Å². The topological polar surface area (TPSA) is 87.7 Å². The van der Waals surface area contributed by atoms with Crippen molar-refractivity contribution in [2.75, 3.05) is 18.1 Å². The van der Waals surface area contributed by atoms with Gasteiger partial charge in [0, 0.05) is 6.54 Å². The van der Waals surface area contributed by atoms with Crippen molar-refractivity contribution in [3.05, 3.63) is 0 Å². The Morgan fingerprint density at radius 3 is 2.67 bits per heavy atom. The van der Waals surface area contributed by atoms with Crippen LogP contribution in [0.25, 0.3) is 0 Å². The molecule has 0 aromatic carbocycles. The third-order valence-electron chi connectivity index (χ3n) is 3.82. The number of thioether (sulfide) groups is 1. The second kappa shape index (κ2) is 6.87. The number of oxime groups is 1. The Hall–Kier alpha value is -0.910. The molecule has 6 heteroatoms. The molecule has 0 aromatic heterocycles. The summed E-state index contributed by atoms with van der Waals surface area (Å²) in [5.74, 6) is 2.71. The van der Waals surface area contributed by atoms with Gasteiger partial charge in [0.25, 0.3) is 0 Å². The molecule has 18 heavy (non-hydrogen) atoms. The van der Waals surface area contributed by atoms with E-state index in [2.05, 4.69) is 10.5 Å². The molecule has 104 valence electrons. The number of nitrogens with two attached hydrogens (primary N) is 1. The average Bonchev–Trinajstić information content (AvgIpc) is 2.91. The highest BCUT2D eigenvalue weighted by molar-refractivity contribution is 7.99. The van der Waals surface area contributed by atoms with E-state index in [0.29, 0.717) is 25.3 Å². The third kappa shape index (κ3) is 3.10. The first-order valence-electron chi connectivity index (χ1n) is 6.44. The highest BCUT2D eigenvalue weighted by Crippen LogP contribution is 2.28. The fraction of sp³-hybridized carbons (Fsp3) is 0.833. The highest BCUT2D eigenvalue weighted by Gasteiger charge is 2.39. The number of hydrogen-bond acceptors (Lipinski definition) is 4. The van der Waals surface area contributed by atoms with Crippen LogP contribution in [0.3, 0.4) is 0 Å². The molecule has 1 amide bonds. The Labute approximate surface area is 113 Å². The van der Waals surface area contributed by atoms with Gasteiger partial charge in [-0.15, -0.1) is 0 Å². The smallest absolute Gasteiger partial charge is 0.233 e. The van der Waals surface area contributed by atoms with Crippen molar-refractivity contribution in [2.24, 2.45) is 22.2 Å². The minimum atomic E-state index is -0.875. The van der Waals surface area contributed by atoms with E-state index < -0.39 is 5.41 Å². The van der Waals surface area contributed by atoms with Gasteiger partial charge in [0.2, 0.25) is 5.91 Å². The zero-order chi connectivity index (χ0) is 13.6. The van der Waals surface area contributed by atoms with Crippen LogP contribution in [0.1, 0.15) is 33.1 Å². The van der Waals surface area contributed by atoms with E-state index in [0.717, 1.165) is 12.2 Å². The summed E-state index contributed by atoms with van der Waals surface area (Å²) in [6.45, 7) is 4.45. The van der Waals surface area contributed by atoms with Crippen molar-refractivity contribution < 1.29 is 10.0 Å². The molecule has 1 aliphatic rings. The van der Waals surface area contributed by atoms with Gasteiger partial charge in [-0.2, -0.15) is 11.8 Å². The van der Waals surface area contributed by atoms with Gasteiger partial charge in [-0.05, 0) is 36.7 Å². The van der Waals surface area contributed by atoms with Gasteiger partial charge >= 0.3 is 0 Å². The van der Waals surface area contributed by atoms with Crippen molar-refractivity contribution in [3.63, 3.8) is 0 Å². The maximum absolute atomic E-state index is 12.3. The number of carbonyl (C=O) groups excluding carboxylic acids is 1. The van der Waals surface area contributed by atoms with E-state index in [9.17, 15) is 4.79 Å². The van der Waals surface area contributed by atoms with Gasteiger partial charge in [0.1, 0.15) is 5.41 Å². The Bertz CT molecular complexity index is 310. The lowest BCUT2D eigenvalue weighted by molar-refractivity contribution is -0.128. The first-order valence-corrected chi connectivity index (χ1v) is 7.60. The summed E-state index contributed by atoms with van der Waals surface area (Å²) in [4.78, 5) is 12.3. The molecule has 0 aliphatic carbocycles. The molecule has 0 bridgehead atoms. The van der Waals surface area contributed by atoms with Crippen LogP contribution in [0.5, 0.6) is 0 Å². The quantitative estimate of drug-likeness (QED) is 0.295. The molecule has 4 N–H and O–H groups in total. The molecule has 1 unspecified atom stereocenters. The number of nitrogens with one attached hydrogen (secondary N) is 1. The van der Waals surface area contributed by atoms with Crippen LogP contribution in [0, 0.1) is 11.3 Å². The normalized spacial score (nSPS) is 21.0. The van der Waals surface area contributed by atoms with Crippen LogP contribution in [-0.2, 0) is 4.79 Å². The maximum Gasteiger partial charge on any atom is 0.233 e. The van der Waals surface area contributed by atoms with E-state index in [1.54, 1.807) is 0 Å². The molecular weight excluding hydrogens is 250 g/mol. The Morgan fingerprint density at radius 2 is 2.22 bits per heavy atom. The largest absolute Gasteiger partial charge is 0.409 e. The van der Waals surface area contributed by atoms with Gasteiger partial charge < -0.3 is 16.3 Å². The average molecular weight is 273 g/mol. The standard InChI is InChI=1S/C12H23N3O2S/c1-3-12(4-2,10(13)15-17)11(16)14-7-9-5-6-18-8-9/h9,17H,3-8H2,1-2H3,(H2,13,15)(H,14,16). The summed E-state index contributed by atoms with van der Waals surface area (Å²) in [7, 11) is 0. The van der Waals surface area contributed by atoms with Crippen LogP contribution < -0.4 is 11.1 Å². The molecule has 5 nitrogen and oxygen atoms in total. The van der Waals surface area contributed by atoms with E-state index in [-0.39, 0.29) is 11.7 Å². The molecule has 0 saturated carbocycles. The zero-order valence-electron chi connectivity index (χ0n) is 11.1. The molecule has 0 radical (unpaired) electrons. The number of amidine groups is 1. The van der Waals surface area contributed by atoms with Crippen LogP contribution in [-0.4, -0.2) is 35.0 Å². The number of nitrogens with zero attached hydrogens (tertiary/aromatic N) is 1. The van der Waals surface area contributed by atoms with Crippen molar-refractivity contribution in [3.8, 4) is 0 Å². The molecule has 1 rings (SSSR count). The second-order valence-electron chi connectivity index (χ2n) is 4.71. The Morgan fingerprint density at radius 1 is 1.56 bits per heavy atom. The van der Waals surface area contributed by atoms with Gasteiger partial charge in [-0.3, -0.25) is 4.79 Å². The summed E-state index contributed by atoms with van der Waals surface area (Å²) < 4.78 is 0. The van der Waals surface area contributed by atoms with Crippen LogP contribution in [0.2, 0.25) is 0 Å². The van der Waals surface area contributed by atoms with Crippen LogP contribution in [0.15, 0.2) is 5.16 Å². The SMILES string of the molecule is CCC(CC)(C(=O)NCC1CCSC1)C(N)=NO. The van der Waals surface area contributed by atoms with Crippen LogP contribution >= 0.6 is 11.8 Å². The summed E-state index contributed by atoms with van der Waals surface area (Å²) in [6.07, 6.45) is 2.22. The fourth-order valence-electron chi connectivity index (χ4n) is 2.30. The first-order chi connectivity index (χ1) is 8.60. The van der Waals surface area contributed by atoms with Crippen LogP contribution in [0.4, 0.5) is 0 Å². The summed E-state index contributed by atoms with van der Waals surface area (Å²) in [5.41, 5.74) is 4.82. The number of amides is 1. The zero-order valence-corrected chi connectivity index (χ0v) is 11.9. The first kappa shape index (κ1) is 15.1. The van der Waals surface area contributed by atoms with E-state index in [4.69, 9.17) is 10.9 Å². The van der Waals surface area contributed by atoms with Gasteiger partial charge in [0.15, 0.2) is 5.84 Å². The van der Waals surface area contributed by atoms with Gasteiger partial charge in [-0.1, -0.05) is 19.0 Å². The highest BCUT2D eigenvalue weighted by atomic mass is 32.2. The van der Waals surface area contributed by atoms with E-state index in [1.165, 1.54) is 5.75 Å². The Balaban J connectivity index is 2.64. The van der Waals surface area contributed by atoms with E-state index in [1.807, 2.05) is 25.6 Å². The van der Waals surface area contributed by atoms with Gasteiger partial charge in [-0.25, -0.2) is 0 Å². The predicted molar refractivity (Wildman–Crippen MR) is 74.9 cm³/mol. The van der Waals surface area contributed by atoms with Crippen molar-refractivity contribution in [1.29, 1.82) is 0 Å². The lowest BCUT2D eigenvalue weighted by Crippen LogP contribution is -2.50. The van der Waals surface area contributed by atoms with E-state index >= 15 is 0 Å². The number of carbonyl (C=O) groups is 1. The molecule has 1 aliphatic heterocycles. The van der Waals surface area contributed by atoms with Crippen molar-refractivity contribution in [1.82, 2.24) is 5.32 Å². The summed E-state index contributed by atoms with van der Waals surface area (Å²) >= 11 is 1.92. The lowest BCUT2D eigenvalue weighted by Gasteiger charge is -2.29. The summed E-state index contributed by atoms with van der Waals surface area (Å²) in [5, 5.41) is 14.8. The second-order valence-corrected chi connectivity index (χ2v) is 5.86. The maximum atomic E-state index is 12.3. The molecule has 1 atom stereocenters. The third-order valence-corrected chi connectivity index (χ3v) is 5.05. The number of hydrogen-bond donors (Lipinski definition) is 3. The molecule has 0 spiro atoms. The minimum absolute atomic E-state index is 0.00537. The van der Waals surface area contributed by atoms with Crippen molar-refractivity contribution >= 4 is 23.5 Å².